The summed E-state index contributed by atoms with van der Waals surface area (Å²) in [5.74, 6) is 2.39. The quantitative estimate of drug-likeness (QED) is 0.540. The van der Waals surface area contributed by atoms with E-state index >= 15 is 0 Å². The summed E-state index contributed by atoms with van der Waals surface area (Å²) in [6.45, 7) is 5.77. The molecule has 0 aliphatic carbocycles. The molecule has 0 N–H and O–H groups in total. The van der Waals surface area contributed by atoms with E-state index in [1.165, 1.54) is 0 Å². The van der Waals surface area contributed by atoms with Crippen LogP contribution in [0, 0.1) is 13.8 Å². The molecule has 0 aliphatic heterocycles. The van der Waals surface area contributed by atoms with Gasteiger partial charge < -0.3 is 14.4 Å². The topological polar surface area (TPSA) is 56.6 Å². The van der Waals surface area contributed by atoms with Crippen LogP contribution in [0.2, 0.25) is 0 Å². The molecule has 0 radical (unpaired) electrons. The van der Waals surface area contributed by atoms with E-state index < -0.39 is 0 Å². The number of methoxy groups -OCH3 is 1. The largest absolute Gasteiger partial charge is 0.497 e. The number of hydrogen-bond donors (Lipinski definition) is 0. The van der Waals surface area contributed by atoms with Gasteiger partial charge in [0.15, 0.2) is 0 Å². The van der Waals surface area contributed by atoms with E-state index in [0.717, 1.165) is 44.4 Å². The summed E-state index contributed by atoms with van der Waals surface area (Å²) >= 11 is 1.59. The van der Waals surface area contributed by atoms with E-state index in [2.05, 4.69) is 0 Å². The minimum absolute atomic E-state index is 0.0492. The van der Waals surface area contributed by atoms with Crippen LogP contribution in [0.1, 0.15) is 22.7 Å². The second-order valence-corrected chi connectivity index (χ2v) is 8.27. The Morgan fingerprint density at radius 2 is 1.82 bits per heavy atom. The fourth-order valence-corrected chi connectivity index (χ4v) is 4.13. The molecule has 7 heteroatoms. The number of aromatic nitrogens is 2. The lowest BCUT2D eigenvalue weighted by Crippen LogP contribution is -2.29. The summed E-state index contributed by atoms with van der Waals surface area (Å²) < 4.78 is 12.8. The highest BCUT2D eigenvalue weighted by Gasteiger charge is 2.16. The Hall–Kier alpha value is -2.38. The maximum atomic E-state index is 13.2. The Balaban J connectivity index is 1.77. The molecule has 2 aromatic heterocycles. The molecule has 28 heavy (non-hydrogen) atoms. The molecule has 3 aromatic rings. The van der Waals surface area contributed by atoms with Crippen molar-refractivity contribution in [1.29, 1.82) is 0 Å². The predicted molar refractivity (Wildman–Crippen MR) is 114 cm³/mol. The highest BCUT2D eigenvalue weighted by atomic mass is 32.1. The van der Waals surface area contributed by atoms with Crippen molar-refractivity contribution in [2.75, 3.05) is 27.8 Å². The van der Waals surface area contributed by atoms with Gasteiger partial charge in [0.2, 0.25) is 0 Å². The van der Waals surface area contributed by atoms with Crippen molar-refractivity contribution in [2.24, 2.45) is 0 Å². The molecule has 0 bridgehead atoms. The lowest BCUT2D eigenvalue weighted by molar-refractivity contribution is 0.296. The van der Waals surface area contributed by atoms with Gasteiger partial charge in [0.05, 0.1) is 25.6 Å². The van der Waals surface area contributed by atoms with Gasteiger partial charge in [0.1, 0.15) is 22.2 Å². The summed E-state index contributed by atoms with van der Waals surface area (Å²) in [5.41, 5.74) is 1.09. The Bertz CT molecular complexity index is 1010. The van der Waals surface area contributed by atoms with Crippen molar-refractivity contribution in [3.05, 3.63) is 50.9 Å². The second-order valence-electron chi connectivity index (χ2n) is 7.06. The lowest BCUT2D eigenvalue weighted by Gasteiger charge is -2.16. The van der Waals surface area contributed by atoms with E-state index in [1.807, 2.05) is 57.1 Å². The average molecular weight is 402 g/mol. The fourth-order valence-electron chi connectivity index (χ4n) is 3.09. The molecule has 0 spiro atoms. The van der Waals surface area contributed by atoms with Crippen LogP contribution in [0.15, 0.2) is 29.1 Å². The molecule has 6 nitrogen and oxygen atoms in total. The maximum absolute atomic E-state index is 13.2. The predicted octanol–water partition coefficient (Wildman–Crippen LogP) is 3.61. The SMILES string of the molecule is COc1ccc(OCCCn2c(CN(C)C)nc3sc(C)c(C)c3c2=O)cc1. The van der Waals surface area contributed by atoms with Gasteiger partial charge >= 0.3 is 0 Å². The van der Waals surface area contributed by atoms with Crippen LogP contribution in [-0.2, 0) is 13.1 Å². The summed E-state index contributed by atoms with van der Waals surface area (Å²) in [5, 5.41) is 0.751. The van der Waals surface area contributed by atoms with Crippen LogP contribution in [-0.4, -0.2) is 42.3 Å². The number of thiophene rings is 1. The van der Waals surface area contributed by atoms with E-state index in [4.69, 9.17) is 14.5 Å². The normalized spacial score (nSPS) is 11.4. The molecule has 0 amide bonds. The van der Waals surface area contributed by atoms with Crippen LogP contribution >= 0.6 is 11.3 Å². The number of aryl methyl sites for hydroxylation is 2. The van der Waals surface area contributed by atoms with E-state index in [1.54, 1.807) is 23.0 Å². The molecule has 3 rings (SSSR count). The molecule has 0 unspecified atom stereocenters. The average Bonchev–Trinajstić information content (AvgIpc) is 2.94. The van der Waals surface area contributed by atoms with Crippen molar-refractivity contribution in [3.8, 4) is 11.5 Å². The monoisotopic (exact) mass is 401 g/mol. The summed E-state index contributed by atoms with van der Waals surface area (Å²) in [6, 6.07) is 7.50. The van der Waals surface area contributed by atoms with Gasteiger partial charge in [-0.2, -0.15) is 0 Å². The standard InChI is InChI=1S/C21H27N3O3S/c1-14-15(2)28-20-19(14)21(25)24(18(22-20)13-23(3)4)11-6-12-27-17-9-7-16(26-5)8-10-17/h7-10H,6,11-13H2,1-5H3. The second kappa shape index (κ2) is 8.75. The number of hydrogen-bond acceptors (Lipinski definition) is 6. The first-order chi connectivity index (χ1) is 13.4. The molecule has 1 aromatic carbocycles. The summed E-state index contributed by atoms with van der Waals surface area (Å²) in [7, 11) is 5.61. The van der Waals surface area contributed by atoms with Gasteiger partial charge in [-0.3, -0.25) is 9.36 Å². The Morgan fingerprint density at radius 3 is 2.46 bits per heavy atom. The molecule has 150 valence electrons. The molecule has 0 atom stereocenters. The van der Waals surface area contributed by atoms with Crippen molar-refractivity contribution >= 4 is 21.6 Å². The van der Waals surface area contributed by atoms with Gasteiger partial charge in [-0.05, 0) is 64.2 Å². The smallest absolute Gasteiger partial charge is 0.262 e. The number of benzene rings is 1. The zero-order valence-electron chi connectivity index (χ0n) is 17.1. The number of rotatable bonds is 8. The van der Waals surface area contributed by atoms with Gasteiger partial charge in [-0.1, -0.05) is 0 Å². The number of nitrogens with zero attached hydrogens (tertiary/aromatic N) is 3. The van der Waals surface area contributed by atoms with E-state index in [9.17, 15) is 4.79 Å². The molecule has 0 aliphatic rings. The molecular formula is C21H27N3O3S. The lowest BCUT2D eigenvalue weighted by atomic mass is 10.2. The van der Waals surface area contributed by atoms with Gasteiger partial charge in [0.25, 0.3) is 5.56 Å². The van der Waals surface area contributed by atoms with E-state index in [-0.39, 0.29) is 5.56 Å². The Morgan fingerprint density at radius 1 is 1.14 bits per heavy atom. The first kappa shape index (κ1) is 20.4. The first-order valence-corrected chi connectivity index (χ1v) is 10.1. The third-order valence-corrected chi connectivity index (χ3v) is 5.78. The minimum Gasteiger partial charge on any atom is -0.497 e. The van der Waals surface area contributed by atoms with Crippen molar-refractivity contribution < 1.29 is 9.47 Å². The Labute approximate surface area is 169 Å². The van der Waals surface area contributed by atoms with Crippen LogP contribution in [0.3, 0.4) is 0 Å². The molecular weight excluding hydrogens is 374 g/mol. The van der Waals surface area contributed by atoms with Crippen molar-refractivity contribution in [1.82, 2.24) is 14.5 Å². The third-order valence-electron chi connectivity index (χ3n) is 4.68. The first-order valence-electron chi connectivity index (χ1n) is 9.31. The molecule has 2 heterocycles. The number of ether oxygens (including phenoxy) is 2. The molecule has 0 saturated carbocycles. The van der Waals surface area contributed by atoms with Crippen LogP contribution in [0.4, 0.5) is 0 Å². The minimum atomic E-state index is 0.0492. The van der Waals surface area contributed by atoms with Gasteiger partial charge in [-0.15, -0.1) is 11.3 Å². The molecule has 0 saturated heterocycles. The van der Waals surface area contributed by atoms with Crippen LogP contribution < -0.4 is 15.0 Å². The van der Waals surface area contributed by atoms with E-state index in [0.29, 0.717) is 19.7 Å². The highest BCUT2D eigenvalue weighted by Crippen LogP contribution is 2.26. The Kier molecular flexibility index (Phi) is 6.36. The van der Waals surface area contributed by atoms with Crippen molar-refractivity contribution in [2.45, 2.75) is 33.4 Å². The van der Waals surface area contributed by atoms with Crippen LogP contribution in [0.5, 0.6) is 11.5 Å². The number of fused-ring (bicyclic) bond motifs is 1. The summed E-state index contributed by atoms with van der Waals surface area (Å²) in [4.78, 5) is 22.0. The van der Waals surface area contributed by atoms with Gasteiger partial charge in [-0.25, -0.2) is 4.98 Å². The fraction of sp³-hybridized carbons (Fsp3) is 0.429. The van der Waals surface area contributed by atoms with Gasteiger partial charge in [0, 0.05) is 11.4 Å². The maximum Gasteiger partial charge on any atom is 0.262 e. The van der Waals surface area contributed by atoms with Crippen molar-refractivity contribution in [3.63, 3.8) is 0 Å². The third kappa shape index (κ3) is 4.36. The highest BCUT2D eigenvalue weighted by molar-refractivity contribution is 7.18. The zero-order chi connectivity index (χ0) is 20.3. The summed E-state index contributed by atoms with van der Waals surface area (Å²) in [6.07, 6.45) is 0.724. The van der Waals surface area contributed by atoms with Crippen LogP contribution in [0.25, 0.3) is 10.2 Å². The zero-order valence-corrected chi connectivity index (χ0v) is 17.9. The molecule has 0 fully saturated rings.